The van der Waals surface area contributed by atoms with Crippen molar-refractivity contribution < 1.29 is 43.5 Å². The number of para-hydroxylation sites is 1. The molecule has 22 heteroatoms. The van der Waals surface area contributed by atoms with Gasteiger partial charge in [-0.3, -0.25) is 43.3 Å². The Hall–Kier alpha value is -5.51. The third-order valence-corrected chi connectivity index (χ3v) is 11.4. The first-order valence-corrected chi connectivity index (χ1v) is 20.4. The Morgan fingerprint density at radius 3 is 2.38 bits per heavy atom. The number of H-pyrrole nitrogens is 1. The standard InChI is InChI=1S/C34H47N11O9S2/c35-29(50)24-17-56-55-12-9-26(46)41-21(7-3-10-38-34(36)37)30(51)40-16-27(47)42-22(14-28(48)49)31(52)43-23(13-18-15-39-20-6-2-1-5-19(18)20)33(54)45-11-4-8-25(45)32(53)44-24/h1-2,5-6,15,21-25,39H,3-4,7-14,16-17H2,(H2,35,50)(H,40,51)(H,41,46)(H,42,47)(H,43,52)(H,44,53)(H,48,49)(H4,36,37,38)/t21-,22-,23?,24-,25?/m0/s1. The molecule has 2 saturated heterocycles. The minimum Gasteiger partial charge on any atom is -0.481 e. The Kier molecular flexibility index (Phi) is 16.2. The lowest BCUT2D eigenvalue weighted by molar-refractivity contribution is -0.143. The molecule has 20 nitrogen and oxygen atoms in total. The maximum absolute atomic E-state index is 14.3. The quantitative estimate of drug-likeness (QED) is 0.0545. The Balaban J connectivity index is 1.63. The summed E-state index contributed by atoms with van der Waals surface area (Å²) in [5.74, 6) is -6.51. The van der Waals surface area contributed by atoms with Gasteiger partial charge in [0.25, 0.3) is 0 Å². The summed E-state index contributed by atoms with van der Waals surface area (Å²) in [5.41, 5.74) is 17.8. The van der Waals surface area contributed by atoms with Crippen LogP contribution in [-0.2, 0) is 44.8 Å². The third-order valence-electron chi connectivity index (χ3n) is 8.99. The first kappa shape index (κ1) is 43.2. The van der Waals surface area contributed by atoms with Gasteiger partial charge in [-0.15, -0.1) is 0 Å². The molecule has 0 bridgehead atoms. The second-order valence-corrected chi connectivity index (χ2v) is 15.8. The third kappa shape index (κ3) is 12.8. The number of guanidine groups is 1. The molecule has 0 spiro atoms. The van der Waals surface area contributed by atoms with Crippen LogP contribution < -0.4 is 43.8 Å². The Bertz CT molecular complexity index is 1820. The highest BCUT2D eigenvalue weighted by atomic mass is 33.1. The summed E-state index contributed by atoms with van der Waals surface area (Å²) in [5, 5.41) is 23.0. The van der Waals surface area contributed by atoms with Crippen LogP contribution in [0.1, 0.15) is 44.1 Å². The van der Waals surface area contributed by atoms with Gasteiger partial charge >= 0.3 is 5.97 Å². The van der Waals surface area contributed by atoms with E-state index in [0.717, 1.165) is 10.9 Å². The molecule has 2 aliphatic heterocycles. The molecule has 2 aromatic rings. The molecule has 5 atom stereocenters. The van der Waals surface area contributed by atoms with Crippen LogP contribution >= 0.6 is 21.6 Å². The summed E-state index contributed by atoms with van der Waals surface area (Å²) in [4.78, 5) is 113. The molecule has 304 valence electrons. The number of carbonyl (C=O) groups is 8. The SMILES string of the molecule is NC(=O)[C@@H]1CSSCCC(=O)N[C@@H](CCCN=C(N)N)C(=O)NCC(=O)N[C@@H](CC(=O)O)C(=O)NC(Cc2c[nH]c3ccccc23)C(=O)N2CCCC2C(=O)N1. The molecule has 0 radical (unpaired) electrons. The van der Waals surface area contributed by atoms with Gasteiger partial charge in [0.15, 0.2) is 5.96 Å². The highest BCUT2D eigenvalue weighted by molar-refractivity contribution is 8.76. The summed E-state index contributed by atoms with van der Waals surface area (Å²) in [7, 11) is 2.43. The number of hydrogen-bond donors (Lipinski definition) is 10. The zero-order chi connectivity index (χ0) is 40.8. The zero-order valence-corrected chi connectivity index (χ0v) is 32.0. The van der Waals surface area contributed by atoms with Crippen molar-refractivity contribution in [1.29, 1.82) is 0 Å². The number of nitrogens with zero attached hydrogens (tertiary/aromatic N) is 2. The number of fused-ring (bicyclic) bond motifs is 2. The normalized spacial score (nSPS) is 23.9. The zero-order valence-electron chi connectivity index (χ0n) is 30.4. The average Bonchev–Trinajstić information content (AvgIpc) is 3.81. The van der Waals surface area contributed by atoms with Crippen LogP contribution in [0.25, 0.3) is 10.9 Å². The summed E-state index contributed by atoms with van der Waals surface area (Å²) in [6, 6.07) is 1.01. The van der Waals surface area contributed by atoms with Crippen molar-refractivity contribution in [2.24, 2.45) is 22.2 Å². The van der Waals surface area contributed by atoms with Gasteiger partial charge in [0.1, 0.15) is 30.2 Å². The molecule has 7 amide bonds. The predicted molar refractivity (Wildman–Crippen MR) is 208 cm³/mol. The molecule has 2 aliphatic rings. The molecule has 1 aromatic heterocycles. The number of aromatic nitrogens is 1. The largest absolute Gasteiger partial charge is 0.481 e. The fourth-order valence-electron chi connectivity index (χ4n) is 6.23. The van der Waals surface area contributed by atoms with Crippen molar-refractivity contribution in [3.8, 4) is 0 Å². The van der Waals surface area contributed by atoms with E-state index in [9.17, 15) is 43.5 Å². The van der Waals surface area contributed by atoms with E-state index >= 15 is 0 Å². The molecule has 3 heterocycles. The van der Waals surface area contributed by atoms with Crippen molar-refractivity contribution in [1.82, 2.24) is 36.5 Å². The van der Waals surface area contributed by atoms with Gasteiger partial charge in [0, 0.05) is 54.5 Å². The smallest absolute Gasteiger partial charge is 0.305 e. The number of nitrogens with one attached hydrogen (secondary N) is 6. The van der Waals surface area contributed by atoms with Crippen molar-refractivity contribution in [2.75, 3.05) is 31.1 Å². The topological polar surface area (TPSA) is 326 Å². The molecule has 0 saturated carbocycles. The number of primary amides is 1. The maximum atomic E-state index is 14.3. The van der Waals surface area contributed by atoms with Crippen LogP contribution in [0.5, 0.6) is 0 Å². The highest BCUT2D eigenvalue weighted by Gasteiger charge is 2.40. The van der Waals surface area contributed by atoms with Crippen molar-refractivity contribution in [2.45, 2.75) is 75.2 Å². The fourth-order valence-corrected chi connectivity index (χ4v) is 8.39. The minimum atomic E-state index is -1.68. The molecule has 56 heavy (non-hydrogen) atoms. The molecule has 2 unspecified atom stereocenters. The van der Waals surface area contributed by atoms with Crippen LogP contribution in [0.4, 0.5) is 0 Å². The summed E-state index contributed by atoms with van der Waals surface area (Å²) in [6.07, 6.45) is 1.76. The van der Waals surface area contributed by atoms with E-state index in [0.29, 0.717) is 12.0 Å². The van der Waals surface area contributed by atoms with E-state index in [1.54, 1.807) is 12.3 Å². The summed E-state index contributed by atoms with van der Waals surface area (Å²) < 4.78 is 0. The van der Waals surface area contributed by atoms with E-state index in [2.05, 4.69) is 36.6 Å². The van der Waals surface area contributed by atoms with Gasteiger partial charge in [0.05, 0.1) is 13.0 Å². The molecular formula is C34H47N11O9S2. The molecule has 0 aliphatic carbocycles. The number of hydrogen-bond acceptors (Lipinski definition) is 11. The van der Waals surface area contributed by atoms with Gasteiger partial charge in [0.2, 0.25) is 41.4 Å². The second kappa shape index (κ2) is 21.0. The highest BCUT2D eigenvalue weighted by Crippen LogP contribution is 2.25. The molecule has 2 fully saturated rings. The Morgan fingerprint density at radius 2 is 1.64 bits per heavy atom. The van der Waals surface area contributed by atoms with Crippen molar-refractivity contribution >= 4 is 85.8 Å². The first-order valence-electron chi connectivity index (χ1n) is 17.9. The number of carbonyl (C=O) groups excluding carboxylic acids is 7. The van der Waals surface area contributed by atoms with Gasteiger partial charge in [-0.2, -0.15) is 0 Å². The molecular weight excluding hydrogens is 771 g/mol. The maximum Gasteiger partial charge on any atom is 0.305 e. The lowest BCUT2D eigenvalue weighted by atomic mass is 10.0. The van der Waals surface area contributed by atoms with Crippen molar-refractivity contribution in [3.05, 3.63) is 36.0 Å². The van der Waals surface area contributed by atoms with Gasteiger partial charge in [-0.1, -0.05) is 39.8 Å². The summed E-state index contributed by atoms with van der Waals surface area (Å²) in [6.45, 7) is -0.380. The number of aromatic amines is 1. The number of aliphatic imine (C=N–C) groups is 1. The van der Waals surface area contributed by atoms with E-state index in [-0.39, 0.29) is 62.7 Å². The van der Waals surface area contributed by atoms with E-state index < -0.39 is 90.5 Å². The number of aliphatic carboxylic acids is 1. The van der Waals surface area contributed by atoms with Gasteiger partial charge in [-0.25, -0.2) is 0 Å². The van der Waals surface area contributed by atoms with Crippen LogP contribution in [0.3, 0.4) is 0 Å². The lowest BCUT2D eigenvalue weighted by Crippen LogP contribution is -2.59. The van der Waals surface area contributed by atoms with E-state index in [1.807, 2.05) is 18.2 Å². The van der Waals surface area contributed by atoms with Crippen LogP contribution in [0.2, 0.25) is 0 Å². The molecule has 13 N–H and O–H groups in total. The number of carboxylic acid groups (broad SMARTS) is 1. The van der Waals surface area contributed by atoms with Crippen LogP contribution in [-0.4, -0.2) is 130 Å². The fraction of sp³-hybridized carbons (Fsp3) is 0.500. The number of rotatable bonds is 9. The Morgan fingerprint density at radius 1 is 0.893 bits per heavy atom. The second-order valence-electron chi connectivity index (χ2n) is 13.1. The number of carboxylic acids is 1. The monoisotopic (exact) mass is 817 g/mol. The molecule has 1 aromatic carbocycles. The minimum absolute atomic E-state index is 0.0335. The Labute approximate surface area is 329 Å². The number of nitrogens with two attached hydrogens (primary N) is 3. The van der Waals surface area contributed by atoms with Crippen LogP contribution in [0.15, 0.2) is 35.5 Å². The predicted octanol–water partition coefficient (Wildman–Crippen LogP) is -2.44. The average molecular weight is 818 g/mol. The number of benzene rings is 1. The van der Waals surface area contributed by atoms with Crippen molar-refractivity contribution in [3.63, 3.8) is 0 Å². The lowest BCUT2D eigenvalue weighted by Gasteiger charge is -2.30. The first-order chi connectivity index (χ1) is 26.7. The number of amides is 7. The molecule has 4 rings (SSSR count). The van der Waals surface area contributed by atoms with E-state index in [1.165, 1.54) is 26.5 Å². The van der Waals surface area contributed by atoms with E-state index in [4.69, 9.17) is 17.2 Å². The van der Waals surface area contributed by atoms with Gasteiger partial charge in [-0.05, 0) is 37.3 Å². The summed E-state index contributed by atoms with van der Waals surface area (Å²) >= 11 is 0. The van der Waals surface area contributed by atoms with Gasteiger partial charge < -0.3 is 58.8 Å². The van der Waals surface area contributed by atoms with Crippen LogP contribution in [0, 0.1) is 0 Å².